The maximum Gasteiger partial charge on any atom is 0.573 e. The Balaban J connectivity index is 2.12. The summed E-state index contributed by atoms with van der Waals surface area (Å²) in [6.07, 6.45) is -8.46. The molecular formula is C20H15F6N3O3S. The molecule has 0 fully saturated rings. The van der Waals surface area contributed by atoms with Crippen LogP contribution in [0.2, 0.25) is 0 Å². The van der Waals surface area contributed by atoms with Gasteiger partial charge in [0.15, 0.2) is 0 Å². The van der Waals surface area contributed by atoms with Gasteiger partial charge in [0.2, 0.25) is 0 Å². The number of halogens is 6. The first kappa shape index (κ1) is 24.5. The van der Waals surface area contributed by atoms with Crippen LogP contribution in [0.3, 0.4) is 0 Å². The topological polar surface area (TPSA) is 72.5 Å². The Morgan fingerprint density at radius 1 is 1.09 bits per heavy atom. The lowest BCUT2D eigenvalue weighted by Crippen LogP contribution is -2.24. The number of hydrogen-bond acceptors (Lipinski definition) is 7. The molecule has 13 heteroatoms. The third kappa shape index (κ3) is 6.65. The van der Waals surface area contributed by atoms with E-state index in [0.29, 0.717) is 0 Å². The fourth-order valence-electron chi connectivity index (χ4n) is 2.77. The monoisotopic (exact) mass is 491 g/mol. The maximum absolute atomic E-state index is 12.7. The Hall–Kier alpha value is -3.19. The van der Waals surface area contributed by atoms with E-state index in [9.17, 15) is 31.1 Å². The molecular weight excluding hydrogens is 476 g/mol. The molecule has 0 aliphatic rings. The molecule has 0 radical (unpaired) electrons. The highest BCUT2D eigenvalue weighted by Gasteiger charge is 2.31. The zero-order chi connectivity index (χ0) is 24.2. The maximum atomic E-state index is 12.7. The van der Waals surface area contributed by atoms with Gasteiger partial charge in [-0.3, -0.25) is 4.98 Å². The van der Waals surface area contributed by atoms with Crippen molar-refractivity contribution in [2.75, 3.05) is 11.9 Å². The highest BCUT2D eigenvalue weighted by atomic mass is 32.2. The first-order valence-corrected chi connectivity index (χ1v) is 10.0. The first-order valence-electron chi connectivity index (χ1n) is 9.19. The molecule has 176 valence electrons. The second-order valence-electron chi connectivity index (χ2n) is 6.32. The van der Waals surface area contributed by atoms with E-state index in [1.54, 1.807) is 6.92 Å². The summed E-state index contributed by atoms with van der Waals surface area (Å²) in [7, 11) is 0. The van der Waals surface area contributed by atoms with Crippen molar-refractivity contribution in [2.45, 2.75) is 24.5 Å². The smallest absolute Gasteiger partial charge is 0.462 e. The van der Waals surface area contributed by atoms with Crippen LogP contribution in [0.4, 0.5) is 37.7 Å². The fraction of sp³-hybridized carbons (Fsp3) is 0.200. The largest absolute Gasteiger partial charge is 0.573 e. The van der Waals surface area contributed by atoms with Crippen molar-refractivity contribution >= 4 is 40.2 Å². The molecule has 0 saturated heterocycles. The van der Waals surface area contributed by atoms with Gasteiger partial charge in [-0.25, -0.2) is 4.79 Å². The van der Waals surface area contributed by atoms with Crippen molar-refractivity contribution in [2.24, 2.45) is 0 Å². The number of aromatic nitrogens is 1. The molecule has 1 aromatic heterocycles. The molecule has 0 atom stereocenters. The van der Waals surface area contributed by atoms with Crippen LogP contribution < -0.4 is 14.8 Å². The summed E-state index contributed by atoms with van der Waals surface area (Å²) in [5.41, 5.74) is 0.223. The van der Waals surface area contributed by atoms with Crippen LogP contribution in [0.25, 0.3) is 10.9 Å². The van der Waals surface area contributed by atoms with Gasteiger partial charge in [-0.1, -0.05) is 12.1 Å². The molecule has 1 heterocycles. The molecule has 0 saturated carbocycles. The number of rotatable bonds is 7. The Kier molecular flexibility index (Phi) is 7.22. The zero-order valence-electron chi connectivity index (χ0n) is 16.7. The van der Waals surface area contributed by atoms with E-state index in [0.717, 1.165) is 18.3 Å². The number of para-hydroxylation sites is 1. The molecule has 6 nitrogen and oxygen atoms in total. The Labute approximate surface area is 187 Å². The highest BCUT2D eigenvalue weighted by molar-refractivity contribution is 7.97. The molecule has 3 aromatic rings. The average Bonchev–Trinajstić information content (AvgIpc) is 2.72. The van der Waals surface area contributed by atoms with Crippen molar-refractivity contribution < 1.29 is 40.6 Å². The molecule has 2 N–H and O–H groups in total. The molecule has 0 amide bonds. The second-order valence-corrected chi connectivity index (χ2v) is 7.17. The van der Waals surface area contributed by atoms with Crippen LogP contribution in [-0.2, 0) is 4.74 Å². The molecule has 0 spiro atoms. The summed E-state index contributed by atoms with van der Waals surface area (Å²) in [5, 5.41) is 2.90. The molecule has 0 bridgehead atoms. The molecule has 0 unspecified atom stereocenters. The fourth-order valence-corrected chi connectivity index (χ4v) is 3.37. The summed E-state index contributed by atoms with van der Waals surface area (Å²) < 4.78 is 86.2. The predicted octanol–water partition coefficient (Wildman–Crippen LogP) is 6.17. The van der Waals surface area contributed by atoms with Crippen LogP contribution in [0.5, 0.6) is 5.75 Å². The number of anilines is 2. The summed E-state index contributed by atoms with van der Waals surface area (Å²) in [6.45, 7) is 1.57. The van der Waals surface area contributed by atoms with Gasteiger partial charge in [-0.2, -0.15) is 17.9 Å². The van der Waals surface area contributed by atoms with Crippen molar-refractivity contribution in [3.63, 3.8) is 0 Å². The van der Waals surface area contributed by atoms with E-state index >= 15 is 0 Å². The Morgan fingerprint density at radius 3 is 2.48 bits per heavy atom. The first-order chi connectivity index (χ1) is 15.5. The number of carbonyl (C=O) groups is 1. The zero-order valence-corrected chi connectivity index (χ0v) is 17.5. The normalized spacial score (nSPS) is 12.0. The van der Waals surface area contributed by atoms with Gasteiger partial charge < -0.3 is 14.8 Å². The van der Waals surface area contributed by atoms with Crippen molar-refractivity contribution in [3.05, 3.63) is 54.2 Å². The Morgan fingerprint density at radius 2 is 1.82 bits per heavy atom. The number of nitrogens with one attached hydrogen (secondary N) is 2. The number of nitrogens with zero attached hydrogens (tertiary/aromatic N) is 1. The minimum atomic E-state index is -4.96. The van der Waals surface area contributed by atoms with E-state index in [-0.39, 0.29) is 51.3 Å². The number of carbonyl (C=O) groups excluding carboxylic acids is 1. The van der Waals surface area contributed by atoms with E-state index in [1.807, 2.05) is 0 Å². The van der Waals surface area contributed by atoms with E-state index < -0.39 is 24.4 Å². The molecule has 0 aliphatic carbocycles. The van der Waals surface area contributed by atoms with E-state index in [4.69, 9.17) is 4.74 Å². The summed E-state index contributed by atoms with van der Waals surface area (Å²) >= 11 is 0.271. The minimum Gasteiger partial charge on any atom is -0.462 e. The third-order valence-electron chi connectivity index (χ3n) is 3.99. The average molecular weight is 491 g/mol. The second kappa shape index (κ2) is 9.75. The number of fused-ring (bicyclic) bond motifs is 1. The van der Waals surface area contributed by atoms with Gasteiger partial charge in [-0.15, -0.1) is 13.2 Å². The van der Waals surface area contributed by atoms with Crippen LogP contribution in [0.15, 0.2) is 53.6 Å². The van der Waals surface area contributed by atoms with Gasteiger partial charge in [0.1, 0.15) is 11.3 Å². The number of esters is 1. The SMILES string of the molecule is CCOC(=O)c1cnc2ccc(OC(F)(F)F)cc2c1Nc1ccccc1SNC(F)(F)F. The van der Waals surface area contributed by atoms with E-state index in [1.165, 1.54) is 35.1 Å². The molecule has 3 rings (SSSR count). The number of ether oxygens (including phenoxy) is 2. The standard InChI is InChI=1S/C20H15F6N3O3S/c1-2-31-18(30)13-10-27-14-8-7-11(32-20(24,25)26)9-12(14)17(13)28-15-5-3-4-6-16(15)33-29-19(21,22)23/h3-10,29H,2H2,1H3,(H,27,28). The lowest BCUT2D eigenvalue weighted by atomic mass is 10.1. The third-order valence-corrected chi connectivity index (χ3v) is 4.90. The van der Waals surface area contributed by atoms with Gasteiger partial charge in [0.25, 0.3) is 0 Å². The van der Waals surface area contributed by atoms with Crippen LogP contribution in [0.1, 0.15) is 17.3 Å². The number of hydrogen-bond donors (Lipinski definition) is 2. The minimum absolute atomic E-state index is 0.00821. The quantitative estimate of drug-likeness (QED) is 0.177. The number of benzene rings is 2. The molecule has 2 aromatic carbocycles. The molecule has 0 aliphatic heterocycles. The van der Waals surface area contributed by atoms with Crippen molar-refractivity contribution in [3.8, 4) is 5.75 Å². The van der Waals surface area contributed by atoms with Gasteiger partial charge in [0.05, 0.1) is 23.5 Å². The number of pyridine rings is 1. The lowest BCUT2D eigenvalue weighted by Gasteiger charge is -2.17. The highest BCUT2D eigenvalue weighted by Crippen LogP contribution is 2.36. The summed E-state index contributed by atoms with van der Waals surface area (Å²) in [4.78, 5) is 16.7. The van der Waals surface area contributed by atoms with Crippen LogP contribution >= 0.6 is 11.9 Å². The van der Waals surface area contributed by atoms with Gasteiger partial charge >= 0.3 is 18.6 Å². The van der Waals surface area contributed by atoms with Crippen molar-refractivity contribution in [1.82, 2.24) is 9.71 Å². The predicted molar refractivity (Wildman–Crippen MR) is 109 cm³/mol. The number of alkyl halides is 6. The lowest BCUT2D eigenvalue weighted by molar-refractivity contribution is -0.274. The van der Waals surface area contributed by atoms with Crippen molar-refractivity contribution in [1.29, 1.82) is 0 Å². The van der Waals surface area contributed by atoms with Crippen LogP contribution in [-0.4, -0.2) is 30.2 Å². The van der Waals surface area contributed by atoms with Gasteiger partial charge in [-0.05, 0) is 49.2 Å². The molecule has 33 heavy (non-hydrogen) atoms. The Bertz CT molecular complexity index is 1150. The summed E-state index contributed by atoms with van der Waals surface area (Å²) in [5.74, 6) is -1.39. The summed E-state index contributed by atoms with van der Waals surface area (Å²) in [6, 6.07) is 9.18. The van der Waals surface area contributed by atoms with Gasteiger partial charge in [0, 0.05) is 16.5 Å². The van der Waals surface area contributed by atoms with E-state index in [2.05, 4.69) is 15.0 Å². The van der Waals surface area contributed by atoms with Crippen LogP contribution in [0, 0.1) is 0 Å².